The Morgan fingerprint density at radius 1 is 1.28 bits per heavy atom. The third kappa shape index (κ3) is 4.39. The van der Waals surface area contributed by atoms with Gasteiger partial charge < -0.3 is 9.88 Å². The fourth-order valence-corrected chi connectivity index (χ4v) is 2.83. The maximum atomic E-state index is 12.5. The van der Waals surface area contributed by atoms with Crippen molar-refractivity contribution in [2.24, 2.45) is 5.92 Å². The van der Waals surface area contributed by atoms with Gasteiger partial charge in [-0.25, -0.2) is 0 Å². The topological polar surface area (TPSA) is 57.8 Å². The Labute approximate surface area is 149 Å². The van der Waals surface area contributed by atoms with E-state index in [1.54, 1.807) is 6.08 Å². The molecule has 0 saturated carbocycles. The first-order valence-electron chi connectivity index (χ1n) is 8.49. The molecule has 1 amide bonds. The zero-order valence-corrected chi connectivity index (χ0v) is 15.6. The lowest BCUT2D eigenvalue weighted by atomic mass is 10.1. The van der Waals surface area contributed by atoms with Crippen molar-refractivity contribution in [1.29, 1.82) is 5.26 Å². The molecule has 4 heteroatoms. The number of hydrogen-bond acceptors (Lipinski definition) is 2. The van der Waals surface area contributed by atoms with Gasteiger partial charge in [0.05, 0.1) is 0 Å². The molecule has 1 heterocycles. The molecule has 0 radical (unpaired) electrons. The minimum Gasteiger partial charge on any atom is -0.348 e. The van der Waals surface area contributed by atoms with Gasteiger partial charge in [-0.2, -0.15) is 5.26 Å². The average molecular weight is 335 g/mol. The summed E-state index contributed by atoms with van der Waals surface area (Å²) in [5.74, 6) is 0.145. The van der Waals surface area contributed by atoms with Crippen LogP contribution in [-0.2, 0) is 11.3 Å². The van der Waals surface area contributed by atoms with Crippen LogP contribution >= 0.6 is 0 Å². The van der Waals surface area contributed by atoms with Crippen LogP contribution in [0, 0.1) is 38.0 Å². The number of nitrogens with one attached hydrogen (secondary N) is 1. The zero-order chi connectivity index (χ0) is 18.6. The number of carbonyl (C=O) groups excluding carboxylic acids is 1. The second-order valence-corrected chi connectivity index (χ2v) is 6.77. The monoisotopic (exact) mass is 335 g/mol. The van der Waals surface area contributed by atoms with E-state index in [0.717, 1.165) is 34.7 Å². The lowest BCUT2D eigenvalue weighted by Crippen LogP contribution is -2.14. The van der Waals surface area contributed by atoms with E-state index in [9.17, 15) is 10.1 Å². The Morgan fingerprint density at radius 3 is 2.56 bits per heavy atom. The van der Waals surface area contributed by atoms with E-state index in [2.05, 4.69) is 23.7 Å². The van der Waals surface area contributed by atoms with Crippen LogP contribution in [0.15, 0.2) is 35.9 Å². The van der Waals surface area contributed by atoms with Crippen molar-refractivity contribution >= 4 is 17.7 Å². The van der Waals surface area contributed by atoms with Gasteiger partial charge in [-0.15, -0.1) is 0 Å². The van der Waals surface area contributed by atoms with Crippen molar-refractivity contribution < 1.29 is 4.79 Å². The van der Waals surface area contributed by atoms with Crippen molar-refractivity contribution in [2.45, 2.75) is 41.2 Å². The standard InChI is InChI=1S/C21H25N3O/c1-14(2)13-24-16(4)10-18(17(24)5)11-19(12-22)21(25)23-20-9-7-6-8-15(20)3/h6-11,14H,13H2,1-5H3,(H,23,25). The van der Waals surface area contributed by atoms with Crippen LogP contribution in [0.25, 0.3) is 6.08 Å². The highest BCUT2D eigenvalue weighted by Crippen LogP contribution is 2.21. The van der Waals surface area contributed by atoms with Crippen LogP contribution in [-0.4, -0.2) is 10.5 Å². The summed E-state index contributed by atoms with van der Waals surface area (Å²) in [6, 6.07) is 11.6. The van der Waals surface area contributed by atoms with E-state index in [-0.39, 0.29) is 11.5 Å². The van der Waals surface area contributed by atoms with Crippen LogP contribution in [0.1, 0.15) is 36.4 Å². The van der Waals surface area contributed by atoms with Crippen LogP contribution in [0.2, 0.25) is 0 Å². The number of nitrogens with zero attached hydrogens (tertiary/aromatic N) is 2. The lowest BCUT2D eigenvalue weighted by molar-refractivity contribution is -0.112. The third-order valence-electron chi connectivity index (χ3n) is 4.22. The predicted octanol–water partition coefficient (Wildman–Crippen LogP) is 4.62. The fourth-order valence-electron chi connectivity index (χ4n) is 2.83. The highest BCUT2D eigenvalue weighted by molar-refractivity contribution is 6.10. The smallest absolute Gasteiger partial charge is 0.266 e. The van der Waals surface area contributed by atoms with Gasteiger partial charge >= 0.3 is 0 Å². The van der Waals surface area contributed by atoms with Gasteiger partial charge in [0.1, 0.15) is 11.6 Å². The zero-order valence-electron chi connectivity index (χ0n) is 15.6. The Morgan fingerprint density at radius 2 is 1.96 bits per heavy atom. The molecule has 0 aliphatic carbocycles. The number of anilines is 1. The number of amides is 1. The van der Waals surface area contributed by atoms with E-state index in [1.165, 1.54) is 0 Å². The van der Waals surface area contributed by atoms with Gasteiger partial charge in [-0.05, 0) is 56.0 Å². The number of rotatable bonds is 5. The number of para-hydroxylation sites is 1. The molecule has 4 nitrogen and oxygen atoms in total. The molecule has 0 atom stereocenters. The molecule has 25 heavy (non-hydrogen) atoms. The van der Waals surface area contributed by atoms with Crippen molar-refractivity contribution in [2.75, 3.05) is 5.32 Å². The van der Waals surface area contributed by atoms with Gasteiger partial charge in [-0.3, -0.25) is 4.79 Å². The Kier molecular flexibility index (Phi) is 5.82. The molecule has 0 saturated heterocycles. The number of benzene rings is 1. The highest BCUT2D eigenvalue weighted by Gasteiger charge is 2.14. The first-order valence-corrected chi connectivity index (χ1v) is 8.49. The van der Waals surface area contributed by atoms with Gasteiger partial charge in [0.25, 0.3) is 5.91 Å². The fraction of sp³-hybridized carbons (Fsp3) is 0.333. The number of nitriles is 1. The molecule has 1 N–H and O–H groups in total. The van der Waals surface area contributed by atoms with Crippen molar-refractivity contribution in [3.8, 4) is 6.07 Å². The van der Waals surface area contributed by atoms with E-state index >= 15 is 0 Å². The lowest BCUT2D eigenvalue weighted by Gasteiger charge is -2.12. The highest BCUT2D eigenvalue weighted by atomic mass is 16.1. The summed E-state index contributed by atoms with van der Waals surface area (Å²) in [6.45, 7) is 11.3. The molecule has 1 aromatic carbocycles. The number of hydrogen-bond donors (Lipinski definition) is 1. The van der Waals surface area contributed by atoms with Gasteiger partial charge in [0.15, 0.2) is 0 Å². The Balaban J connectivity index is 2.30. The predicted molar refractivity (Wildman–Crippen MR) is 102 cm³/mol. The van der Waals surface area contributed by atoms with Gasteiger partial charge in [0, 0.05) is 23.6 Å². The Hall–Kier alpha value is -2.80. The molecule has 0 aliphatic heterocycles. The second-order valence-electron chi connectivity index (χ2n) is 6.77. The summed E-state index contributed by atoms with van der Waals surface area (Å²) in [4.78, 5) is 12.5. The summed E-state index contributed by atoms with van der Waals surface area (Å²) in [5.41, 5.74) is 4.90. The normalized spacial score (nSPS) is 11.5. The minimum atomic E-state index is -0.384. The van der Waals surface area contributed by atoms with Crippen LogP contribution < -0.4 is 5.32 Å². The average Bonchev–Trinajstić information content (AvgIpc) is 2.81. The molecule has 130 valence electrons. The second kappa shape index (κ2) is 7.85. The minimum absolute atomic E-state index is 0.105. The summed E-state index contributed by atoms with van der Waals surface area (Å²) < 4.78 is 2.23. The molecule has 0 unspecified atom stereocenters. The van der Waals surface area contributed by atoms with Crippen LogP contribution in [0.4, 0.5) is 5.69 Å². The molecule has 2 aromatic rings. The van der Waals surface area contributed by atoms with Crippen LogP contribution in [0.3, 0.4) is 0 Å². The summed E-state index contributed by atoms with van der Waals surface area (Å²) in [7, 11) is 0. The van der Waals surface area contributed by atoms with E-state index in [1.807, 2.05) is 57.2 Å². The first kappa shape index (κ1) is 18.5. The molecule has 0 bridgehead atoms. The van der Waals surface area contributed by atoms with Crippen LogP contribution in [0.5, 0.6) is 0 Å². The van der Waals surface area contributed by atoms with E-state index in [0.29, 0.717) is 5.92 Å². The summed E-state index contributed by atoms with van der Waals surface area (Å²) in [5, 5.41) is 12.2. The molecule has 2 rings (SSSR count). The molecule has 1 aromatic heterocycles. The van der Waals surface area contributed by atoms with E-state index in [4.69, 9.17) is 0 Å². The molecule has 0 spiro atoms. The molecular weight excluding hydrogens is 310 g/mol. The maximum Gasteiger partial charge on any atom is 0.266 e. The van der Waals surface area contributed by atoms with Gasteiger partial charge in [0.2, 0.25) is 0 Å². The Bertz CT molecular complexity index is 851. The number of aromatic nitrogens is 1. The summed E-state index contributed by atoms with van der Waals surface area (Å²) in [6.07, 6.45) is 1.67. The van der Waals surface area contributed by atoms with Crippen molar-refractivity contribution in [3.05, 3.63) is 58.4 Å². The van der Waals surface area contributed by atoms with Gasteiger partial charge in [-0.1, -0.05) is 32.0 Å². The number of carbonyl (C=O) groups is 1. The molecule has 0 aliphatic rings. The SMILES string of the molecule is Cc1ccccc1NC(=O)C(C#N)=Cc1cc(C)n(CC(C)C)c1C. The quantitative estimate of drug-likeness (QED) is 0.640. The first-order chi connectivity index (χ1) is 11.8. The van der Waals surface area contributed by atoms with Crippen molar-refractivity contribution in [1.82, 2.24) is 4.57 Å². The van der Waals surface area contributed by atoms with Crippen molar-refractivity contribution in [3.63, 3.8) is 0 Å². The molecule has 0 fully saturated rings. The third-order valence-corrected chi connectivity index (χ3v) is 4.22. The maximum absolute atomic E-state index is 12.5. The van der Waals surface area contributed by atoms with E-state index < -0.39 is 0 Å². The molecular formula is C21H25N3O. The number of aryl methyl sites for hydroxylation is 2. The summed E-state index contributed by atoms with van der Waals surface area (Å²) >= 11 is 0. The largest absolute Gasteiger partial charge is 0.348 e.